The molecule has 1 saturated heterocycles. The average molecular weight is 353 g/mol. The third-order valence-corrected chi connectivity index (χ3v) is 5.53. The van der Waals surface area contributed by atoms with Crippen molar-refractivity contribution in [1.29, 1.82) is 0 Å². The van der Waals surface area contributed by atoms with Crippen molar-refractivity contribution in [3.8, 4) is 0 Å². The summed E-state index contributed by atoms with van der Waals surface area (Å²) < 4.78 is 31.4. The quantitative estimate of drug-likeness (QED) is 0.739. The first-order valence-electron chi connectivity index (χ1n) is 6.75. The minimum absolute atomic E-state index is 0. The van der Waals surface area contributed by atoms with Crippen molar-refractivity contribution < 1.29 is 17.9 Å². The van der Waals surface area contributed by atoms with Crippen LogP contribution in [0.2, 0.25) is 0 Å². The number of hydrogen-bond acceptors (Lipinski definition) is 6. The zero-order valence-corrected chi connectivity index (χ0v) is 14.2. The van der Waals surface area contributed by atoms with E-state index in [4.69, 9.17) is 10.5 Å². The van der Waals surface area contributed by atoms with Gasteiger partial charge in [-0.2, -0.15) is 9.40 Å². The number of rotatable bonds is 5. The maximum Gasteiger partial charge on any atom is 0.342 e. The SMILES string of the molecule is CCOC(=O)c1cn[nH]c1S(=O)(=O)N1CCC(C)(CN)C1.Cl. The predicted molar refractivity (Wildman–Crippen MR) is 82.3 cm³/mol. The van der Waals surface area contributed by atoms with Crippen LogP contribution in [0.5, 0.6) is 0 Å². The number of esters is 1. The molecule has 1 fully saturated rings. The second kappa shape index (κ2) is 6.95. The highest BCUT2D eigenvalue weighted by Gasteiger charge is 2.41. The minimum atomic E-state index is -3.81. The van der Waals surface area contributed by atoms with Gasteiger partial charge in [0.25, 0.3) is 10.0 Å². The fraction of sp³-hybridized carbons (Fsp3) is 0.667. The molecular formula is C12H21ClN4O4S. The van der Waals surface area contributed by atoms with E-state index in [1.807, 2.05) is 6.92 Å². The summed E-state index contributed by atoms with van der Waals surface area (Å²) in [5, 5.41) is 5.84. The summed E-state index contributed by atoms with van der Waals surface area (Å²) >= 11 is 0. The standard InChI is InChI=1S/C12H20N4O4S.ClH/c1-3-20-11(17)9-6-14-15-10(9)21(18,19)16-5-4-12(2,7-13)8-16;/h6H,3-5,7-8,13H2,1-2H3,(H,14,15);1H. The summed E-state index contributed by atoms with van der Waals surface area (Å²) in [6, 6.07) is 0. The van der Waals surface area contributed by atoms with Crippen LogP contribution in [0, 0.1) is 5.41 Å². The normalized spacial score (nSPS) is 22.3. The van der Waals surface area contributed by atoms with Crippen LogP contribution in [0.3, 0.4) is 0 Å². The molecule has 10 heteroatoms. The molecule has 0 aromatic carbocycles. The third-order valence-electron chi connectivity index (χ3n) is 3.71. The molecule has 2 heterocycles. The second-order valence-electron chi connectivity index (χ2n) is 5.44. The topological polar surface area (TPSA) is 118 Å². The maximum absolute atomic E-state index is 12.6. The lowest BCUT2D eigenvalue weighted by Crippen LogP contribution is -2.35. The molecule has 0 spiro atoms. The molecule has 0 bridgehead atoms. The van der Waals surface area contributed by atoms with Gasteiger partial charge in [0.15, 0.2) is 5.03 Å². The van der Waals surface area contributed by atoms with Crippen molar-refractivity contribution in [2.45, 2.75) is 25.3 Å². The lowest BCUT2D eigenvalue weighted by atomic mass is 9.90. The molecule has 0 radical (unpaired) electrons. The maximum atomic E-state index is 12.6. The molecule has 1 aromatic rings. The smallest absolute Gasteiger partial charge is 0.342 e. The Balaban J connectivity index is 0.00000242. The number of hydrogen-bond donors (Lipinski definition) is 2. The molecule has 22 heavy (non-hydrogen) atoms. The molecule has 126 valence electrons. The number of aromatic amines is 1. The summed E-state index contributed by atoms with van der Waals surface area (Å²) in [4.78, 5) is 11.8. The molecular weight excluding hydrogens is 332 g/mol. The van der Waals surface area contributed by atoms with E-state index < -0.39 is 16.0 Å². The average Bonchev–Trinajstić information content (AvgIpc) is 3.06. The van der Waals surface area contributed by atoms with Gasteiger partial charge in [-0.3, -0.25) is 5.10 Å². The summed E-state index contributed by atoms with van der Waals surface area (Å²) in [6.07, 6.45) is 1.86. The Morgan fingerprint density at radius 3 is 2.82 bits per heavy atom. The third kappa shape index (κ3) is 3.43. The van der Waals surface area contributed by atoms with E-state index in [1.54, 1.807) is 6.92 Å². The van der Waals surface area contributed by atoms with Crippen LogP contribution in [0.1, 0.15) is 30.6 Å². The molecule has 1 aliphatic rings. The van der Waals surface area contributed by atoms with Crippen molar-refractivity contribution in [1.82, 2.24) is 14.5 Å². The van der Waals surface area contributed by atoms with Crippen LogP contribution in [0.15, 0.2) is 11.2 Å². The van der Waals surface area contributed by atoms with Gasteiger partial charge in [0.2, 0.25) is 0 Å². The number of nitrogens with one attached hydrogen (secondary N) is 1. The monoisotopic (exact) mass is 352 g/mol. The van der Waals surface area contributed by atoms with Crippen LogP contribution in [0.25, 0.3) is 0 Å². The second-order valence-corrected chi connectivity index (χ2v) is 7.31. The fourth-order valence-electron chi connectivity index (χ4n) is 2.30. The summed E-state index contributed by atoms with van der Waals surface area (Å²) in [5.41, 5.74) is 5.38. The summed E-state index contributed by atoms with van der Waals surface area (Å²) in [7, 11) is -3.81. The van der Waals surface area contributed by atoms with Crippen LogP contribution < -0.4 is 5.73 Å². The molecule has 0 amide bonds. The lowest BCUT2D eigenvalue weighted by molar-refractivity contribution is 0.0521. The van der Waals surface area contributed by atoms with Crippen molar-refractivity contribution in [3.63, 3.8) is 0 Å². The van der Waals surface area contributed by atoms with Gasteiger partial charge in [0.05, 0.1) is 12.8 Å². The van der Waals surface area contributed by atoms with Gasteiger partial charge in [0.1, 0.15) is 5.56 Å². The number of halogens is 1. The van der Waals surface area contributed by atoms with Gasteiger partial charge in [0, 0.05) is 13.1 Å². The van der Waals surface area contributed by atoms with E-state index in [0.717, 1.165) is 0 Å². The largest absolute Gasteiger partial charge is 0.462 e. The number of nitrogens with zero attached hydrogens (tertiary/aromatic N) is 2. The first kappa shape index (κ1) is 18.9. The van der Waals surface area contributed by atoms with E-state index in [1.165, 1.54) is 10.5 Å². The van der Waals surface area contributed by atoms with Gasteiger partial charge >= 0.3 is 5.97 Å². The van der Waals surface area contributed by atoms with Gasteiger partial charge < -0.3 is 10.5 Å². The summed E-state index contributed by atoms with van der Waals surface area (Å²) in [6.45, 7) is 4.87. The fourth-order valence-corrected chi connectivity index (χ4v) is 3.96. The van der Waals surface area contributed by atoms with Gasteiger partial charge in [-0.25, -0.2) is 13.2 Å². The molecule has 2 rings (SSSR count). The van der Waals surface area contributed by atoms with E-state index in [-0.39, 0.29) is 35.0 Å². The molecule has 3 N–H and O–H groups in total. The number of carbonyl (C=O) groups excluding carboxylic acids is 1. The number of carbonyl (C=O) groups is 1. The van der Waals surface area contributed by atoms with Crippen LogP contribution >= 0.6 is 12.4 Å². The number of ether oxygens (including phenoxy) is 1. The Morgan fingerprint density at radius 2 is 2.27 bits per heavy atom. The Hall–Kier alpha value is -1.16. The molecule has 0 saturated carbocycles. The number of aromatic nitrogens is 2. The minimum Gasteiger partial charge on any atom is -0.462 e. The van der Waals surface area contributed by atoms with Crippen molar-refractivity contribution >= 4 is 28.4 Å². The number of nitrogens with two attached hydrogens (primary N) is 1. The molecule has 1 unspecified atom stereocenters. The Morgan fingerprint density at radius 1 is 1.59 bits per heavy atom. The van der Waals surface area contributed by atoms with Gasteiger partial charge in [-0.1, -0.05) is 6.92 Å². The van der Waals surface area contributed by atoms with Crippen LogP contribution in [-0.4, -0.2) is 55.1 Å². The number of sulfonamides is 1. The zero-order valence-electron chi connectivity index (χ0n) is 12.5. The molecule has 0 aliphatic carbocycles. The van der Waals surface area contributed by atoms with E-state index in [0.29, 0.717) is 26.1 Å². The zero-order chi connectivity index (χ0) is 15.7. The predicted octanol–water partition coefficient (Wildman–Crippen LogP) is 0.368. The molecule has 1 aliphatic heterocycles. The number of H-pyrrole nitrogens is 1. The Bertz CT molecular complexity index is 633. The molecule has 1 atom stereocenters. The summed E-state index contributed by atoms with van der Waals surface area (Å²) in [5.74, 6) is -0.703. The highest BCUT2D eigenvalue weighted by atomic mass is 35.5. The highest BCUT2D eigenvalue weighted by Crippen LogP contribution is 2.32. The van der Waals surface area contributed by atoms with E-state index >= 15 is 0 Å². The lowest BCUT2D eigenvalue weighted by Gasteiger charge is -2.22. The van der Waals surface area contributed by atoms with Crippen molar-refractivity contribution in [3.05, 3.63) is 11.8 Å². The van der Waals surface area contributed by atoms with E-state index in [2.05, 4.69) is 10.2 Å². The van der Waals surface area contributed by atoms with Crippen LogP contribution in [0.4, 0.5) is 0 Å². The molecule has 1 aromatic heterocycles. The molecule has 8 nitrogen and oxygen atoms in total. The first-order chi connectivity index (χ1) is 9.84. The van der Waals surface area contributed by atoms with Crippen molar-refractivity contribution in [2.75, 3.05) is 26.2 Å². The first-order valence-corrected chi connectivity index (χ1v) is 8.19. The van der Waals surface area contributed by atoms with E-state index in [9.17, 15) is 13.2 Å². The Kier molecular flexibility index (Phi) is 5.96. The van der Waals surface area contributed by atoms with Gasteiger partial charge in [-0.15, -0.1) is 12.4 Å². The highest BCUT2D eigenvalue weighted by molar-refractivity contribution is 7.89. The van der Waals surface area contributed by atoms with Crippen molar-refractivity contribution in [2.24, 2.45) is 11.1 Å². The van der Waals surface area contributed by atoms with Crippen LogP contribution in [-0.2, 0) is 14.8 Å². The Labute approximate surface area is 135 Å². The van der Waals surface area contributed by atoms with Gasteiger partial charge in [-0.05, 0) is 25.3 Å².